The molecule has 1 N–H and O–H groups in total. The SMILES string of the molecule is Cc1cccc(CN2C(=O)C3(c4ccccc42)c2c(oc4ccccc4c2=O)C(=O)N3CCO)c1. The zero-order valence-corrected chi connectivity index (χ0v) is 19.0. The minimum Gasteiger partial charge on any atom is -0.450 e. The standard InChI is InChI=1S/C28H22N2O5/c1-17-7-6-8-18(15-17)16-29-21-11-4-3-10-20(21)28(27(29)34)23-24(32)19-9-2-5-12-22(19)35-25(23)26(33)30(28)13-14-31/h2-12,15,31H,13-14,16H2,1H3. The van der Waals surface area contributed by atoms with Crippen molar-refractivity contribution in [1.29, 1.82) is 0 Å². The molecular weight excluding hydrogens is 444 g/mol. The van der Waals surface area contributed by atoms with Gasteiger partial charge >= 0.3 is 0 Å². The van der Waals surface area contributed by atoms with E-state index >= 15 is 0 Å². The predicted octanol–water partition coefficient (Wildman–Crippen LogP) is 3.34. The van der Waals surface area contributed by atoms with Gasteiger partial charge in [-0.1, -0.05) is 60.2 Å². The van der Waals surface area contributed by atoms with Crippen molar-refractivity contribution in [3.05, 3.63) is 111 Å². The van der Waals surface area contributed by atoms with Crippen LogP contribution in [0.5, 0.6) is 0 Å². The lowest BCUT2D eigenvalue weighted by Crippen LogP contribution is -2.54. The van der Waals surface area contributed by atoms with E-state index in [1.165, 1.54) is 4.90 Å². The van der Waals surface area contributed by atoms with E-state index in [-0.39, 0.29) is 36.6 Å². The fourth-order valence-electron chi connectivity index (χ4n) is 5.49. The summed E-state index contributed by atoms with van der Waals surface area (Å²) in [5.41, 5.74) is 1.30. The number of para-hydroxylation sites is 2. The highest BCUT2D eigenvalue weighted by Gasteiger charge is 2.64. The van der Waals surface area contributed by atoms with Gasteiger partial charge in [0.05, 0.1) is 29.8 Å². The molecule has 0 aliphatic carbocycles. The topological polar surface area (TPSA) is 91.1 Å². The number of carbonyl (C=O) groups excluding carboxylic acids is 2. The Morgan fingerprint density at radius 3 is 2.51 bits per heavy atom. The van der Waals surface area contributed by atoms with E-state index in [1.54, 1.807) is 41.3 Å². The second-order valence-electron chi connectivity index (χ2n) is 8.92. The molecule has 0 saturated carbocycles. The van der Waals surface area contributed by atoms with Crippen LogP contribution in [0.1, 0.15) is 32.8 Å². The van der Waals surface area contributed by atoms with Gasteiger partial charge in [-0.2, -0.15) is 0 Å². The van der Waals surface area contributed by atoms with Crippen LogP contribution in [0.3, 0.4) is 0 Å². The number of aliphatic hydroxyl groups is 1. The summed E-state index contributed by atoms with van der Waals surface area (Å²) in [6.45, 7) is 1.75. The van der Waals surface area contributed by atoms with E-state index in [4.69, 9.17) is 4.42 Å². The van der Waals surface area contributed by atoms with Gasteiger partial charge in [-0.15, -0.1) is 0 Å². The molecule has 0 radical (unpaired) electrons. The Kier molecular flexibility index (Phi) is 4.66. The number of carbonyl (C=O) groups is 2. The van der Waals surface area contributed by atoms with Gasteiger partial charge in [0, 0.05) is 12.1 Å². The molecule has 6 rings (SSSR count). The molecule has 2 amide bonds. The summed E-state index contributed by atoms with van der Waals surface area (Å²) in [7, 11) is 0. The van der Waals surface area contributed by atoms with Crippen LogP contribution >= 0.6 is 0 Å². The lowest BCUT2D eigenvalue weighted by atomic mass is 9.84. The monoisotopic (exact) mass is 466 g/mol. The molecule has 0 fully saturated rings. The average Bonchev–Trinajstić information content (AvgIpc) is 3.25. The summed E-state index contributed by atoms with van der Waals surface area (Å²) >= 11 is 0. The molecule has 0 bridgehead atoms. The van der Waals surface area contributed by atoms with Crippen molar-refractivity contribution in [3.8, 4) is 0 Å². The van der Waals surface area contributed by atoms with Gasteiger partial charge in [0.1, 0.15) is 5.58 Å². The molecule has 1 aromatic heterocycles. The smallest absolute Gasteiger partial charge is 0.291 e. The second kappa shape index (κ2) is 7.65. The van der Waals surface area contributed by atoms with Crippen molar-refractivity contribution >= 4 is 28.5 Å². The first-order valence-corrected chi connectivity index (χ1v) is 11.4. The highest BCUT2D eigenvalue weighted by Crippen LogP contribution is 2.52. The quantitative estimate of drug-likeness (QED) is 0.498. The first-order valence-electron chi connectivity index (χ1n) is 11.4. The molecule has 1 spiro atoms. The fourth-order valence-corrected chi connectivity index (χ4v) is 5.49. The number of hydrogen-bond acceptors (Lipinski definition) is 5. The van der Waals surface area contributed by atoms with Gasteiger partial charge in [0.25, 0.3) is 11.8 Å². The van der Waals surface area contributed by atoms with E-state index < -0.39 is 22.8 Å². The fraction of sp³-hybridized carbons (Fsp3) is 0.179. The van der Waals surface area contributed by atoms with Crippen LogP contribution in [0.2, 0.25) is 0 Å². The Morgan fingerprint density at radius 2 is 1.71 bits per heavy atom. The van der Waals surface area contributed by atoms with Crippen LogP contribution in [-0.4, -0.2) is 35.0 Å². The third-order valence-electron chi connectivity index (χ3n) is 6.89. The lowest BCUT2D eigenvalue weighted by Gasteiger charge is -2.33. The van der Waals surface area contributed by atoms with Crippen molar-refractivity contribution in [2.24, 2.45) is 0 Å². The van der Waals surface area contributed by atoms with Gasteiger partial charge < -0.3 is 19.3 Å². The number of nitrogens with zero attached hydrogens (tertiary/aromatic N) is 2. The summed E-state index contributed by atoms with van der Waals surface area (Å²) in [4.78, 5) is 44.8. The number of rotatable bonds is 4. The van der Waals surface area contributed by atoms with Gasteiger partial charge in [0.15, 0.2) is 11.0 Å². The van der Waals surface area contributed by atoms with E-state index in [0.29, 0.717) is 16.6 Å². The van der Waals surface area contributed by atoms with Gasteiger partial charge in [0.2, 0.25) is 5.76 Å². The highest BCUT2D eigenvalue weighted by molar-refractivity contribution is 6.17. The minimum absolute atomic E-state index is 0.0128. The Hall–Kier alpha value is -4.23. The Labute approximate surface area is 200 Å². The van der Waals surface area contributed by atoms with E-state index in [0.717, 1.165) is 11.1 Å². The molecule has 3 heterocycles. The number of benzene rings is 3. The van der Waals surface area contributed by atoms with E-state index in [9.17, 15) is 19.5 Å². The molecule has 7 heteroatoms. The maximum Gasteiger partial charge on any atom is 0.291 e. The number of anilines is 1. The summed E-state index contributed by atoms with van der Waals surface area (Å²) in [6, 6.07) is 21.7. The number of hydrogen-bond donors (Lipinski definition) is 1. The molecule has 2 aliphatic heterocycles. The highest BCUT2D eigenvalue weighted by atomic mass is 16.3. The van der Waals surface area contributed by atoms with Gasteiger partial charge in [-0.05, 0) is 30.7 Å². The first kappa shape index (κ1) is 21.3. The maximum absolute atomic E-state index is 14.4. The van der Waals surface area contributed by atoms with Crippen molar-refractivity contribution in [2.75, 3.05) is 18.1 Å². The number of aryl methyl sites for hydroxylation is 1. The number of β-amino-alcohol motifs (C(OH)–C–C–N with tert-alkyl or cyclic N) is 1. The molecule has 1 unspecified atom stereocenters. The van der Waals surface area contributed by atoms with Crippen molar-refractivity contribution in [2.45, 2.75) is 19.0 Å². The molecular formula is C28H22N2O5. The number of amides is 2. The predicted molar refractivity (Wildman–Crippen MR) is 130 cm³/mol. The summed E-state index contributed by atoms with van der Waals surface area (Å²) in [5.74, 6) is -1.15. The zero-order valence-electron chi connectivity index (χ0n) is 19.0. The largest absolute Gasteiger partial charge is 0.450 e. The maximum atomic E-state index is 14.4. The lowest BCUT2D eigenvalue weighted by molar-refractivity contribution is -0.126. The Balaban J connectivity index is 1.65. The van der Waals surface area contributed by atoms with Gasteiger partial charge in [-0.3, -0.25) is 14.4 Å². The molecule has 3 aromatic carbocycles. The van der Waals surface area contributed by atoms with Crippen LogP contribution in [0.4, 0.5) is 5.69 Å². The zero-order chi connectivity index (χ0) is 24.3. The molecule has 4 aromatic rings. The van der Waals surface area contributed by atoms with E-state index in [1.807, 2.05) is 43.3 Å². The van der Waals surface area contributed by atoms with Crippen LogP contribution in [0.25, 0.3) is 11.0 Å². The summed E-state index contributed by atoms with van der Waals surface area (Å²) in [6.07, 6.45) is 0. The van der Waals surface area contributed by atoms with Gasteiger partial charge in [-0.25, -0.2) is 0 Å². The van der Waals surface area contributed by atoms with Crippen molar-refractivity contribution < 1.29 is 19.1 Å². The Morgan fingerprint density at radius 1 is 0.943 bits per heavy atom. The van der Waals surface area contributed by atoms with Crippen LogP contribution in [0, 0.1) is 6.92 Å². The summed E-state index contributed by atoms with van der Waals surface area (Å²) in [5, 5.41) is 10.2. The van der Waals surface area contributed by atoms with Crippen LogP contribution in [0.15, 0.2) is 82.0 Å². The second-order valence-corrected chi connectivity index (χ2v) is 8.92. The third kappa shape index (κ3) is 2.79. The number of aliphatic hydroxyl groups excluding tert-OH is 1. The average molecular weight is 466 g/mol. The van der Waals surface area contributed by atoms with E-state index in [2.05, 4.69) is 0 Å². The first-order chi connectivity index (χ1) is 17.0. The molecule has 174 valence electrons. The van der Waals surface area contributed by atoms with Crippen molar-refractivity contribution in [1.82, 2.24) is 4.90 Å². The summed E-state index contributed by atoms with van der Waals surface area (Å²) < 4.78 is 5.95. The third-order valence-corrected chi connectivity index (χ3v) is 6.89. The van der Waals surface area contributed by atoms with Crippen molar-refractivity contribution in [3.63, 3.8) is 0 Å². The van der Waals surface area contributed by atoms with Crippen LogP contribution in [-0.2, 0) is 16.9 Å². The molecule has 35 heavy (non-hydrogen) atoms. The molecule has 2 aliphatic rings. The molecule has 7 nitrogen and oxygen atoms in total. The number of fused-ring (bicyclic) bond motifs is 5. The normalized spacial score (nSPS) is 18.6. The molecule has 0 saturated heterocycles. The molecule has 1 atom stereocenters. The minimum atomic E-state index is -1.71. The van der Waals surface area contributed by atoms with Crippen LogP contribution < -0.4 is 10.3 Å². The Bertz CT molecular complexity index is 1590.